The quantitative estimate of drug-likeness (QED) is 0.743. The Morgan fingerprint density at radius 3 is 2.00 bits per heavy atom. The molecule has 5 heteroatoms. The van der Waals surface area contributed by atoms with E-state index in [-0.39, 0.29) is 4.75 Å². The van der Waals surface area contributed by atoms with Crippen LogP contribution in [0.25, 0.3) is 0 Å². The van der Waals surface area contributed by atoms with E-state index < -0.39 is 23.2 Å². The van der Waals surface area contributed by atoms with Crippen LogP contribution >= 0.6 is 11.8 Å². The lowest BCUT2D eigenvalue weighted by molar-refractivity contribution is -0.151. The molecule has 0 spiro atoms. The van der Waals surface area contributed by atoms with Gasteiger partial charge in [-0.15, -0.1) is 0 Å². The summed E-state index contributed by atoms with van der Waals surface area (Å²) >= 11 is 1.63. The molecule has 0 aliphatic heterocycles. The van der Waals surface area contributed by atoms with Crippen molar-refractivity contribution in [1.29, 1.82) is 0 Å². The summed E-state index contributed by atoms with van der Waals surface area (Å²) in [5.41, 5.74) is -0.584. The van der Waals surface area contributed by atoms with Crippen molar-refractivity contribution in [2.24, 2.45) is 11.3 Å². The minimum absolute atomic E-state index is 0.0867. The van der Waals surface area contributed by atoms with Crippen molar-refractivity contribution in [2.45, 2.75) is 39.4 Å². The Bertz CT molecular complexity index is 295. The molecule has 2 N–H and O–H groups in total. The number of amides is 1. The lowest BCUT2D eigenvalue weighted by Gasteiger charge is -2.28. The Hall–Kier alpha value is -0.710. The third-order valence-corrected chi connectivity index (χ3v) is 3.87. The summed E-state index contributed by atoms with van der Waals surface area (Å²) in [4.78, 5) is 23.0. The lowest BCUT2D eigenvalue weighted by atomic mass is 9.80. The number of hydrogen-bond donors (Lipinski definition) is 2. The van der Waals surface area contributed by atoms with Gasteiger partial charge in [0.1, 0.15) is 5.92 Å². The minimum Gasteiger partial charge on any atom is -0.481 e. The molecule has 1 unspecified atom stereocenters. The molecule has 0 aromatic heterocycles. The van der Waals surface area contributed by atoms with E-state index in [0.29, 0.717) is 6.54 Å². The lowest BCUT2D eigenvalue weighted by Crippen LogP contribution is -2.46. The van der Waals surface area contributed by atoms with Crippen molar-refractivity contribution in [1.82, 2.24) is 5.32 Å². The summed E-state index contributed by atoms with van der Waals surface area (Å²) in [6.07, 6.45) is 1.96. The second-order valence-electron chi connectivity index (χ2n) is 5.82. The maximum absolute atomic E-state index is 11.9. The number of rotatable bonds is 5. The van der Waals surface area contributed by atoms with Crippen LogP contribution in [0.15, 0.2) is 0 Å². The Kier molecular flexibility index (Phi) is 5.52. The van der Waals surface area contributed by atoms with Gasteiger partial charge < -0.3 is 10.4 Å². The fourth-order valence-electron chi connectivity index (χ4n) is 1.35. The van der Waals surface area contributed by atoms with Gasteiger partial charge in [0.15, 0.2) is 0 Å². The molecule has 1 atom stereocenters. The first-order chi connectivity index (χ1) is 7.51. The molecule has 0 radical (unpaired) electrons. The molecule has 4 nitrogen and oxygen atoms in total. The van der Waals surface area contributed by atoms with E-state index in [9.17, 15) is 9.59 Å². The van der Waals surface area contributed by atoms with E-state index in [0.717, 1.165) is 0 Å². The van der Waals surface area contributed by atoms with Crippen LogP contribution in [0, 0.1) is 11.3 Å². The fourth-order valence-corrected chi connectivity index (χ4v) is 1.57. The van der Waals surface area contributed by atoms with Gasteiger partial charge >= 0.3 is 5.97 Å². The van der Waals surface area contributed by atoms with E-state index in [1.807, 2.05) is 20.1 Å². The zero-order chi connectivity index (χ0) is 13.9. The average Bonchev–Trinajstić information content (AvgIpc) is 2.12. The van der Waals surface area contributed by atoms with Crippen molar-refractivity contribution in [3.05, 3.63) is 0 Å². The van der Waals surface area contributed by atoms with Gasteiger partial charge in [-0.05, 0) is 25.5 Å². The summed E-state index contributed by atoms with van der Waals surface area (Å²) in [5, 5.41) is 11.8. The van der Waals surface area contributed by atoms with Crippen molar-refractivity contribution >= 4 is 23.6 Å². The summed E-state index contributed by atoms with van der Waals surface area (Å²) < 4.78 is -0.0867. The summed E-state index contributed by atoms with van der Waals surface area (Å²) in [6.45, 7) is 9.74. The Labute approximate surface area is 108 Å². The molecule has 0 bridgehead atoms. The second kappa shape index (κ2) is 5.76. The number of carboxylic acids is 1. The van der Waals surface area contributed by atoms with Crippen LogP contribution in [-0.2, 0) is 9.59 Å². The Balaban J connectivity index is 4.63. The minimum atomic E-state index is -1.07. The van der Waals surface area contributed by atoms with Gasteiger partial charge in [0.25, 0.3) is 0 Å². The maximum atomic E-state index is 11.9. The molecule has 100 valence electrons. The van der Waals surface area contributed by atoms with Crippen LogP contribution in [0.3, 0.4) is 0 Å². The summed E-state index contributed by atoms with van der Waals surface area (Å²) in [7, 11) is 0. The molecular weight excluding hydrogens is 238 g/mol. The van der Waals surface area contributed by atoms with Crippen LogP contribution in [-0.4, -0.2) is 34.5 Å². The molecule has 0 heterocycles. The van der Waals surface area contributed by atoms with E-state index in [1.54, 1.807) is 32.5 Å². The number of hydrogen-bond acceptors (Lipinski definition) is 3. The first kappa shape index (κ1) is 16.3. The van der Waals surface area contributed by atoms with Gasteiger partial charge in [0.2, 0.25) is 5.91 Å². The Morgan fingerprint density at radius 2 is 1.71 bits per heavy atom. The highest BCUT2D eigenvalue weighted by atomic mass is 32.2. The highest BCUT2D eigenvalue weighted by Crippen LogP contribution is 2.27. The first-order valence-corrected chi connectivity index (χ1v) is 6.79. The van der Waals surface area contributed by atoms with E-state index in [2.05, 4.69) is 5.32 Å². The standard InChI is InChI=1S/C12H23NO3S/c1-11(2,3)8(10(15)16)9(14)13-7-12(4,5)17-6/h8H,7H2,1-6H3,(H,13,14)(H,15,16). The van der Waals surface area contributed by atoms with Gasteiger partial charge in [-0.2, -0.15) is 11.8 Å². The van der Waals surface area contributed by atoms with Gasteiger partial charge in [0.05, 0.1) is 0 Å². The predicted octanol–water partition coefficient (Wildman–Crippen LogP) is 1.99. The average molecular weight is 261 g/mol. The smallest absolute Gasteiger partial charge is 0.316 e. The largest absolute Gasteiger partial charge is 0.481 e. The van der Waals surface area contributed by atoms with Crippen molar-refractivity contribution in [3.63, 3.8) is 0 Å². The number of aliphatic carboxylic acids is 1. The summed E-state index contributed by atoms with van der Waals surface area (Å²) in [6, 6.07) is 0. The highest BCUT2D eigenvalue weighted by molar-refractivity contribution is 7.99. The van der Waals surface area contributed by atoms with Crippen LogP contribution < -0.4 is 5.32 Å². The van der Waals surface area contributed by atoms with Crippen LogP contribution in [0.1, 0.15) is 34.6 Å². The molecule has 0 rings (SSSR count). The molecule has 0 aliphatic carbocycles. The molecule has 0 saturated carbocycles. The number of thioether (sulfide) groups is 1. The van der Waals surface area contributed by atoms with Gasteiger partial charge in [-0.1, -0.05) is 20.8 Å². The zero-order valence-electron chi connectivity index (χ0n) is 11.5. The highest BCUT2D eigenvalue weighted by Gasteiger charge is 2.38. The van der Waals surface area contributed by atoms with Crippen molar-refractivity contribution in [2.75, 3.05) is 12.8 Å². The third-order valence-electron chi connectivity index (χ3n) is 2.62. The molecule has 1 amide bonds. The van der Waals surface area contributed by atoms with E-state index in [4.69, 9.17) is 5.11 Å². The topological polar surface area (TPSA) is 66.4 Å². The van der Waals surface area contributed by atoms with Crippen molar-refractivity contribution < 1.29 is 14.7 Å². The van der Waals surface area contributed by atoms with Gasteiger partial charge in [0, 0.05) is 11.3 Å². The number of nitrogens with one attached hydrogen (secondary N) is 1. The number of carbonyl (C=O) groups is 2. The number of carboxylic acid groups (broad SMARTS) is 1. The van der Waals surface area contributed by atoms with E-state index >= 15 is 0 Å². The monoisotopic (exact) mass is 261 g/mol. The Morgan fingerprint density at radius 1 is 1.24 bits per heavy atom. The van der Waals surface area contributed by atoms with Crippen LogP contribution in [0.2, 0.25) is 0 Å². The molecule has 0 saturated heterocycles. The second-order valence-corrected chi connectivity index (χ2v) is 7.33. The number of carbonyl (C=O) groups excluding carboxylic acids is 1. The normalized spacial score (nSPS) is 14.2. The third kappa shape index (κ3) is 5.44. The molecule has 0 aromatic carbocycles. The van der Waals surface area contributed by atoms with Gasteiger partial charge in [-0.3, -0.25) is 9.59 Å². The summed E-state index contributed by atoms with van der Waals surface area (Å²) in [5.74, 6) is -2.50. The molecule has 0 aromatic rings. The van der Waals surface area contributed by atoms with Crippen LogP contribution in [0.5, 0.6) is 0 Å². The predicted molar refractivity (Wildman–Crippen MR) is 71.2 cm³/mol. The van der Waals surface area contributed by atoms with Crippen LogP contribution in [0.4, 0.5) is 0 Å². The van der Waals surface area contributed by atoms with E-state index in [1.165, 1.54) is 0 Å². The zero-order valence-corrected chi connectivity index (χ0v) is 12.3. The molecule has 0 aliphatic rings. The SMILES string of the molecule is CSC(C)(C)CNC(=O)C(C(=O)O)C(C)(C)C. The molecular formula is C12H23NO3S. The molecule has 0 fully saturated rings. The maximum Gasteiger partial charge on any atom is 0.316 e. The van der Waals surface area contributed by atoms with Crippen molar-refractivity contribution in [3.8, 4) is 0 Å². The fraction of sp³-hybridized carbons (Fsp3) is 0.833. The first-order valence-electron chi connectivity index (χ1n) is 5.57. The molecule has 17 heavy (non-hydrogen) atoms. The van der Waals surface area contributed by atoms with Gasteiger partial charge in [-0.25, -0.2) is 0 Å².